The summed E-state index contributed by atoms with van der Waals surface area (Å²) >= 11 is 0. The predicted molar refractivity (Wildman–Crippen MR) is 235 cm³/mol. The number of nitrogens with zero attached hydrogens (tertiary/aromatic N) is 4. The van der Waals surface area contributed by atoms with Gasteiger partial charge in [0, 0.05) is 22.4 Å². The second kappa shape index (κ2) is 18.6. The third-order valence-corrected chi connectivity index (χ3v) is 9.03. The standard InChI is InChI=1S/C51H44N4/c1-6-9-17-37(4)47(8-3)53-50(52-36-39-19-13-11-14-20-39)45-31-27-42(28-32-45)40-23-25-41(26-24-40)43-29-33-46(34-30-43)51-54-48(38(5)18-10-7-2)35-49(55-51)44-21-15-12-16-22-44/h6-7,9-35H,1-2,4-5,8,36H2,3H3/b17-9-,18-10-,52-50-,53-47+. The van der Waals surface area contributed by atoms with Gasteiger partial charge in [-0.1, -0.05) is 203 Å². The summed E-state index contributed by atoms with van der Waals surface area (Å²) in [5.41, 5.74) is 12.6. The van der Waals surface area contributed by atoms with E-state index in [-0.39, 0.29) is 0 Å². The maximum absolute atomic E-state index is 5.01. The highest BCUT2D eigenvalue weighted by Crippen LogP contribution is 2.29. The molecule has 6 aromatic rings. The SMILES string of the molecule is C=C/C=C\C(=C)/C(CC)=N/C(=N\Cc1ccccc1)c1ccc(-c2ccc(-c3ccc(-c4nc(C(=C)/C=C\C=C)cc(-c5ccccc5)n4)cc3)cc2)cc1. The first kappa shape index (κ1) is 37.7. The zero-order valence-corrected chi connectivity index (χ0v) is 31.3. The van der Waals surface area contributed by atoms with E-state index in [0.717, 1.165) is 79.2 Å². The fourth-order valence-corrected chi connectivity index (χ4v) is 5.97. The zero-order chi connectivity index (χ0) is 38.4. The summed E-state index contributed by atoms with van der Waals surface area (Å²) in [7, 11) is 0. The number of aromatic nitrogens is 2. The highest BCUT2D eigenvalue weighted by atomic mass is 14.9. The van der Waals surface area contributed by atoms with Gasteiger partial charge in [-0.05, 0) is 51.5 Å². The Bertz CT molecular complexity index is 2390. The molecule has 5 aromatic carbocycles. The summed E-state index contributed by atoms with van der Waals surface area (Å²) in [5, 5.41) is 0. The highest BCUT2D eigenvalue weighted by Gasteiger charge is 2.12. The summed E-state index contributed by atoms with van der Waals surface area (Å²) < 4.78 is 0. The lowest BCUT2D eigenvalue weighted by Crippen LogP contribution is -2.06. The Kier molecular flexibility index (Phi) is 12.8. The molecule has 268 valence electrons. The number of amidine groups is 1. The van der Waals surface area contributed by atoms with Gasteiger partial charge in [-0.2, -0.15) is 0 Å². The largest absolute Gasteiger partial charge is 0.261 e. The number of allylic oxidation sites excluding steroid dienone is 8. The molecular weight excluding hydrogens is 669 g/mol. The van der Waals surface area contributed by atoms with Crippen LogP contribution < -0.4 is 0 Å². The van der Waals surface area contributed by atoms with E-state index in [1.165, 1.54) is 0 Å². The Hall–Kier alpha value is -7.04. The van der Waals surface area contributed by atoms with Gasteiger partial charge in [0.05, 0.1) is 17.9 Å². The Balaban J connectivity index is 1.23. The van der Waals surface area contributed by atoms with E-state index in [2.05, 4.69) is 130 Å². The molecule has 1 heterocycles. The third-order valence-electron chi connectivity index (χ3n) is 9.03. The second-order valence-electron chi connectivity index (χ2n) is 12.8. The van der Waals surface area contributed by atoms with Gasteiger partial charge in [-0.3, -0.25) is 4.99 Å². The summed E-state index contributed by atoms with van der Waals surface area (Å²) in [6.45, 7) is 18.6. The molecule has 55 heavy (non-hydrogen) atoms. The van der Waals surface area contributed by atoms with Crippen molar-refractivity contribution in [3.63, 3.8) is 0 Å². The summed E-state index contributed by atoms with van der Waals surface area (Å²) in [6, 6.07) is 47.8. The fraction of sp³-hybridized carbons (Fsp3) is 0.0588. The molecule has 0 amide bonds. The Labute approximate surface area is 325 Å². The van der Waals surface area contributed by atoms with Crippen molar-refractivity contribution in [1.29, 1.82) is 0 Å². The first-order valence-corrected chi connectivity index (χ1v) is 18.3. The molecule has 6 rings (SSSR count). The van der Waals surface area contributed by atoms with Crippen LogP contribution in [-0.4, -0.2) is 21.5 Å². The van der Waals surface area contributed by atoms with Crippen molar-refractivity contribution in [2.24, 2.45) is 9.98 Å². The molecule has 0 bridgehead atoms. The zero-order valence-electron chi connectivity index (χ0n) is 31.3. The van der Waals surface area contributed by atoms with Crippen LogP contribution in [0.25, 0.3) is 50.5 Å². The van der Waals surface area contributed by atoms with Gasteiger partial charge >= 0.3 is 0 Å². The molecule has 1 aromatic heterocycles. The van der Waals surface area contributed by atoms with Crippen LogP contribution in [0.5, 0.6) is 0 Å². The molecule has 0 aliphatic carbocycles. The molecule has 4 heteroatoms. The van der Waals surface area contributed by atoms with Crippen molar-refractivity contribution >= 4 is 17.1 Å². The highest BCUT2D eigenvalue weighted by molar-refractivity contribution is 6.13. The van der Waals surface area contributed by atoms with Crippen LogP contribution in [-0.2, 0) is 6.54 Å². The van der Waals surface area contributed by atoms with Gasteiger partial charge in [0.15, 0.2) is 11.7 Å². The third kappa shape index (κ3) is 9.89. The molecule has 0 N–H and O–H groups in total. The van der Waals surface area contributed by atoms with Gasteiger partial charge in [0.25, 0.3) is 0 Å². The molecule has 0 aliphatic heterocycles. The Morgan fingerprint density at radius 1 is 0.600 bits per heavy atom. The Morgan fingerprint density at radius 3 is 1.69 bits per heavy atom. The van der Waals surface area contributed by atoms with Crippen LogP contribution >= 0.6 is 0 Å². The van der Waals surface area contributed by atoms with Gasteiger partial charge in [-0.15, -0.1) is 0 Å². The minimum atomic E-state index is 0.535. The molecule has 0 aliphatic rings. The van der Waals surface area contributed by atoms with E-state index in [0.29, 0.717) is 18.2 Å². The van der Waals surface area contributed by atoms with Crippen molar-refractivity contribution in [2.45, 2.75) is 19.9 Å². The van der Waals surface area contributed by atoms with E-state index in [1.807, 2.05) is 66.8 Å². The quantitative estimate of drug-likeness (QED) is 0.0641. The normalized spacial score (nSPS) is 11.9. The number of rotatable bonds is 14. The fourth-order valence-electron chi connectivity index (χ4n) is 5.97. The van der Waals surface area contributed by atoms with E-state index in [1.54, 1.807) is 12.2 Å². The average molecular weight is 713 g/mol. The van der Waals surface area contributed by atoms with Crippen LogP contribution in [0, 0.1) is 0 Å². The van der Waals surface area contributed by atoms with Gasteiger partial charge in [0.2, 0.25) is 0 Å². The number of hydrogen-bond acceptors (Lipinski definition) is 3. The maximum Gasteiger partial charge on any atom is 0.160 e. The summed E-state index contributed by atoms with van der Waals surface area (Å²) in [5.74, 6) is 1.33. The number of hydrogen-bond donors (Lipinski definition) is 0. The lowest BCUT2D eigenvalue weighted by atomic mass is 9.98. The van der Waals surface area contributed by atoms with Crippen molar-refractivity contribution in [2.75, 3.05) is 0 Å². The minimum Gasteiger partial charge on any atom is -0.261 e. The van der Waals surface area contributed by atoms with E-state index >= 15 is 0 Å². The number of aliphatic imine (C=N–C) groups is 2. The summed E-state index contributed by atoms with van der Waals surface area (Å²) in [4.78, 5) is 19.8. The molecule has 0 saturated carbocycles. The first-order valence-electron chi connectivity index (χ1n) is 18.3. The molecule has 0 fully saturated rings. The molecular formula is C51H44N4. The molecule has 4 nitrogen and oxygen atoms in total. The van der Waals surface area contributed by atoms with Gasteiger partial charge in [0.1, 0.15) is 0 Å². The second-order valence-corrected chi connectivity index (χ2v) is 12.8. The summed E-state index contributed by atoms with van der Waals surface area (Å²) in [6.07, 6.45) is 11.8. The monoisotopic (exact) mass is 712 g/mol. The topological polar surface area (TPSA) is 50.5 Å². The van der Waals surface area contributed by atoms with E-state index < -0.39 is 0 Å². The van der Waals surface area contributed by atoms with E-state index in [9.17, 15) is 0 Å². The van der Waals surface area contributed by atoms with Crippen LogP contribution in [0.4, 0.5) is 0 Å². The van der Waals surface area contributed by atoms with Crippen LogP contribution in [0.15, 0.2) is 218 Å². The number of benzene rings is 5. The van der Waals surface area contributed by atoms with Crippen LogP contribution in [0.1, 0.15) is 30.2 Å². The molecule has 0 saturated heterocycles. The van der Waals surface area contributed by atoms with Gasteiger partial charge in [-0.25, -0.2) is 15.0 Å². The smallest absolute Gasteiger partial charge is 0.160 e. The molecule has 0 unspecified atom stereocenters. The van der Waals surface area contributed by atoms with Crippen LogP contribution in [0.2, 0.25) is 0 Å². The van der Waals surface area contributed by atoms with Crippen molar-refractivity contribution in [3.05, 3.63) is 225 Å². The van der Waals surface area contributed by atoms with Crippen molar-refractivity contribution < 1.29 is 0 Å². The Morgan fingerprint density at radius 2 is 1.13 bits per heavy atom. The lowest BCUT2D eigenvalue weighted by Gasteiger charge is -2.10. The lowest BCUT2D eigenvalue weighted by molar-refractivity contribution is 1.06. The maximum atomic E-state index is 5.01. The molecule has 0 spiro atoms. The minimum absolute atomic E-state index is 0.535. The predicted octanol–water partition coefficient (Wildman–Crippen LogP) is 13.0. The first-order chi connectivity index (χ1) is 26.9. The van der Waals surface area contributed by atoms with Gasteiger partial charge < -0.3 is 0 Å². The average Bonchev–Trinajstić information content (AvgIpc) is 3.25. The van der Waals surface area contributed by atoms with Crippen molar-refractivity contribution in [1.82, 2.24) is 9.97 Å². The molecule has 0 radical (unpaired) electrons. The molecule has 0 atom stereocenters. The van der Waals surface area contributed by atoms with E-state index in [4.69, 9.17) is 20.0 Å². The van der Waals surface area contributed by atoms with Crippen LogP contribution in [0.3, 0.4) is 0 Å². The van der Waals surface area contributed by atoms with Crippen molar-refractivity contribution in [3.8, 4) is 44.9 Å².